The summed E-state index contributed by atoms with van der Waals surface area (Å²) < 4.78 is 10.7. The fourth-order valence-electron chi connectivity index (χ4n) is 1.51. The molecule has 3 N–H and O–H groups in total. The lowest BCUT2D eigenvalue weighted by Gasteiger charge is -2.35. The first kappa shape index (κ1) is 11.4. The summed E-state index contributed by atoms with van der Waals surface area (Å²) in [6, 6.07) is 0. The first-order valence-electron chi connectivity index (χ1n) is 4.82. The molecule has 0 aromatic carbocycles. The van der Waals surface area contributed by atoms with Gasteiger partial charge in [0.25, 0.3) is 0 Å². The summed E-state index contributed by atoms with van der Waals surface area (Å²) in [7, 11) is 0. The van der Waals surface area contributed by atoms with Crippen LogP contribution in [0.5, 0.6) is 0 Å². The molecule has 82 valence electrons. The average Bonchev–Trinajstić information content (AvgIpc) is 2.19. The smallest absolute Gasteiger partial charge is 0.305 e. The number of nitrogens with two attached hydrogens (primary N) is 1. The van der Waals surface area contributed by atoms with Crippen molar-refractivity contribution in [3.8, 4) is 0 Å². The van der Waals surface area contributed by atoms with E-state index < -0.39 is 5.97 Å². The molecular formula is C9H17NO4. The molecule has 0 aromatic heterocycles. The van der Waals surface area contributed by atoms with Crippen LogP contribution in [0.2, 0.25) is 0 Å². The van der Waals surface area contributed by atoms with E-state index in [2.05, 4.69) is 0 Å². The van der Waals surface area contributed by atoms with Crippen LogP contribution in [-0.2, 0) is 14.3 Å². The number of ether oxygens (including phenoxy) is 2. The van der Waals surface area contributed by atoms with E-state index in [1.165, 1.54) is 0 Å². The number of carbonyl (C=O) groups is 1. The number of hydrogen-bond donors (Lipinski definition) is 2. The van der Waals surface area contributed by atoms with Crippen molar-refractivity contribution in [3.63, 3.8) is 0 Å². The van der Waals surface area contributed by atoms with E-state index in [-0.39, 0.29) is 18.6 Å². The molecule has 0 aromatic rings. The molecule has 1 fully saturated rings. The van der Waals surface area contributed by atoms with Crippen LogP contribution in [0.1, 0.15) is 19.3 Å². The fourth-order valence-corrected chi connectivity index (χ4v) is 1.51. The highest BCUT2D eigenvalue weighted by Gasteiger charge is 2.31. The summed E-state index contributed by atoms with van der Waals surface area (Å²) in [5, 5.41) is 8.46. The molecule has 1 heterocycles. The van der Waals surface area contributed by atoms with Crippen LogP contribution in [0.4, 0.5) is 0 Å². The number of rotatable bonds is 5. The molecule has 0 saturated carbocycles. The predicted molar refractivity (Wildman–Crippen MR) is 50.0 cm³/mol. The van der Waals surface area contributed by atoms with Crippen molar-refractivity contribution in [2.45, 2.75) is 24.9 Å². The van der Waals surface area contributed by atoms with Gasteiger partial charge in [0.1, 0.15) is 0 Å². The van der Waals surface area contributed by atoms with E-state index in [0.717, 1.165) is 12.8 Å². The molecule has 1 saturated heterocycles. The zero-order valence-corrected chi connectivity index (χ0v) is 8.20. The maximum Gasteiger partial charge on any atom is 0.305 e. The quantitative estimate of drug-likeness (QED) is 0.656. The van der Waals surface area contributed by atoms with Crippen LogP contribution in [0.3, 0.4) is 0 Å². The summed E-state index contributed by atoms with van der Waals surface area (Å²) in [6.07, 6.45) is 1.54. The molecule has 0 radical (unpaired) electrons. The van der Waals surface area contributed by atoms with Gasteiger partial charge in [-0.1, -0.05) is 0 Å². The number of carboxylic acids is 1. The number of aliphatic carboxylic acids is 1. The molecular weight excluding hydrogens is 186 g/mol. The molecule has 5 heteroatoms. The van der Waals surface area contributed by atoms with Crippen LogP contribution >= 0.6 is 0 Å². The predicted octanol–water partition coefficient (Wildman–Crippen LogP) is -0.0144. The van der Waals surface area contributed by atoms with E-state index in [0.29, 0.717) is 19.8 Å². The van der Waals surface area contributed by atoms with Crippen LogP contribution in [0.15, 0.2) is 0 Å². The molecule has 0 bridgehead atoms. The minimum atomic E-state index is -0.843. The van der Waals surface area contributed by atoms with E-state index >= 15 is 0 Å². The van der Waals surface area contributed by atoms with Crippen LogP contribution in [0, 0.1) is 0 Å². The van der Waals surface area contributed by atoms with E-state index in [1.807, 2.05) is 0 Å². The molecule has 5 nitrogen and oxygen atoms in total. The Hall–Kier alpha value is -0.650. The average molecular weight is 203 g/mol. The Morgan fingerprint density at radius 3 is 2.64 bits per heavy atom. The van der Waals surface area contributed by atoms with Crippen molar-refractivity contribution in [2.75, 3.05) is 26.4 Å². The van der Waals surface area contributed by atoms with Gasteiger partial charge in [-0.05, 0) is 0 Å². The minimum Gasteiger partial charge on any atom is -0.481 e. The SMILES string of the molecule is NCC1(OCCC(=O)O)CCOCC1. The van der Waals surface area contributed by atoms with E-state index in [9.17, 15) is 4.79 Å². The highest BCUT2D eigenvalue weighted by molar-refractivity contribution is 5.66. The Bertz CT molecular complexity index is 189. The lowest BCUT2D eigenvalue weighted by atomic mass is 9.94. The van der Waals surface area contributed by atoms with Gasteiger partial charge < -0.3 is 20.3 Å². The Kier molecular flexibility index (Phi) is 4.31. The van der Waals surface area contributed by atoms with Crippen LogP contribution < -0.4 is 5.73 Å². The van der Waals surface area contributed by atoms with Gasteiger partial charge >= 0.3 is 5.97 Å². The monoisotopic (exact) mass is 203 g/mol. The molecule has 0 unspecified atom stereocenters. The van der Waals surface area contributed by atoms with Crippen molar-refractivity contribution in [1.82, 2.24) is 0 Å². The molecule has 1 aliphatic rings. The zero-order valence-electron chi connectivity index (χ0n) is 8.20. The topological polar surface area (TPSA) is 81.8 Å². The Morgan fingerprint density at radius 2 is 2.14 bits per heavy atom. The van der Waals surface area contributed by atoms with E-state index in [4.69, 9.17) is 20.3 Å². The molecule has 0 atom stereocenters. The van der Waals surface area contributed by atoms with Gasteiger partial charge in [0.15, 0.2) is 0 Å². The summed E-state index contributed by atoms with van der Waals surface area (Å²) in [5.41, 5.74) is 5.27. The Labute approximate surface area is 83.2 Å². The minimum absolute atomic E-state index is 0.0304. The van der Waals surface area contributed by atoms with Crippen LogP contribution in [-0.4, -0.2) is 43.0 Å². The van der Waals surface area contributed by atoms with Crippen molar-refractivity contribution in [3.05, 3.63) is 0 Å². The summed E-state index contributed by atoms with van der Waals surface area (Å²) in [6.45, 7) is 1.94. The van der Waals surface area contributed by atoms with Gasteiger partial charge in [-0.3, -0.25) is 4.79 Å². The molecule has 0 amide bonds. The molecule has 1 aliphatic heterocycles. The maximum atomic E-state index is 10.3. The third-order valence-corrected chi connectivity index (χ3v) is 2.50. The fraction of sp³-hybridized carbons (Fsp3) is 0.889. The molecule has 0 spiro atoms. The van der Waals surface area contributed by atoms with Gasteiger partial charge in [-0.25, -0.2) is 0 Å². The van der Waals surface area contributed by atoms with Crippen molar-refractivity contribution in [2.24, 2.45) is 5.73 Å². The second-order valence-electron chi connectivity index (χ2n) is 3.49. The van der Waals surface area contributed by atoms with Gasteiger partial charge in [0, 0.05) is 32.6 Å². The first-order valence-corrected chi connectivity index (χ1v) is 4.82. The highest BCUT2D eigenvalue weighted by Crippen LogP contribution is 2.23. The second kappa shape index (κ2) is 5.29. The lowest BCUT2D eigenvalue weighted by Crippen LogP contribution is -2.45. The normalized spacial score (nSPS) is 20.6. The van der Waals surface area contributed by atoms with Crippen molar-refractivity contribution < 1.29 is 19.4 Å². The van der Waals surface area contributed by atoms with Gasteiger partial charge in [-0.2, -0.15) is 0 Å². The second-order valence-corrected chi connectivity index (χ2v) is 3.49. The summed E-state index contributed by atoms with van der Waals surface area (Å²) >= 11 is 0. The number of carboxylic acid groups (broad SMARTS) is 1. The zero-order chi connectivity index (χ0) is 10.4. The standard InChI is InChI=1S/C9H17NO4/c10-7-9(2-5-13-6-3-9)14-4-1-8(11)12/h1-7,10H2,(H,11,12). The Balaban J connectivity index is 2.32. The maximum absolute atomic E-state index is 10.3. The summed E-state index contributed by atoms with van der Waals surface area (Å²) in [5.74, 6) is -0.843. The Morgan fingerprint density at radius 1 is 1.50 bits per heavy atom. The highest BCUT2D eigenvalue weighted by atomic mass is 16.5. The molecule has 1 rings (SSSR count). The first-order chi connectivity index (χ1) is 6.68. The van der Waals surface area contributed by atoms with Gasteiger partial charge in [0.2, 0.25) is 0 Å². The van der Waals surface area contributed by atoms with Crippen molar-refractivity contribution >= 4 is 5.97 Å². The summed E-state index contributed by atoms with van der Waals surface area (Å²) in [4.78, 5) is 10.3. The third-order valence-electron chi connectivity index (χ3n) is 2.50. The van der Waals surface area contributed by atoms with E-state index in [1.54, 1.807) is 0 Å². The van der Waals surface area contributed by atoms with Gasteiger partial charge in [-0.15, -0.1) is 0 Å². The van der Waals surface area contributed by atoms with Crippen molar-refractivity contribution in [1.29, 1.82) is 0 Å². The molecule has 0 aliphatic carbocycles. The molecule has 14 heavy (non-hydrogen) atoms. The lowest BCUT2D eigenvalue weighted by molar-refractivity contribution is -0.142. The van der Waals surface area contributed by atoms with Gasteiger partial charge in [0.05, 0.1) is 18.6 Å². The third kappa shape index (κ3) is 3.25. The van der Waals surface area contributed by atoms with Crippen LogP contribution in [0.25, 0.3) is 0 Å². The number of hydrogen-bond acceptors (Lipinski definition) is 4. The largest absolute Gasteiger partial charge is 0.481 e.